The van der Waals surface area contributed by atoms with Crippen LogP contribution in [0.5, 0.6) is 0 Å². The summed E-state index contributed by atoms with van der Waals surface area (Å²) in [6.45, 7) is 5.68. The number of rotatable bonds is 8. The predicted octanol–water partition coefficient (Wildman–Crippen LogP) is 2.00. The van der Waals surface area contributed by atoms with E-state index in [0.717, 1.165) is 23.7 Å². The number of benzene rings is 1. The first kappa shape index (κ1) is 21.3. The quantitative estimate of drug-likeness (QED) is 0.514. The zero-order chi connectivity index (χ0) is 19.9. The second kappa shape index (κ2) is 9.82. The minimum atomic E-state index is -3.50. The fraction of sp³-hybridized carbons (Fsp3) is 0.444. The number of nitrogens with zero attached hydrogens (tertiary/aromatic N) is 3. The molecule has 0 aliphatic carbocycles. The number of aliphatic imine (C=N–C) groups is 1. The largest absolute Gasteiger partial charge is 0.357 e. The highest BCUT2D eigenvalue weighted by atomic mass is 32.2. The van der Waals surface area contributed by atoms with Gasteiger partial charge in [0.15, 0.2) is 5.96 Å². The van der Waals surface area contributed by atoms with Gasteiger partial charge in [0.05, 0.1) is 22.1 Å². The normalized spacial score (nSPS) is 12.4. The zero-order valence-electron chi connectivity index (χ0n) is 16.2. The van der Waals surface area contributed by atoms with Gasteiger partial charge in [0.1, 0.15) is 0 Å². The Balaban J connectivity index is 2.08. The molecule has 0 bridgehead atoms. The molecular weight excluding hydrogens is 382 g/mol. The van der Waals surface area contributed by atoms with Crippen LogP contribution in [0.4, 0.5) is 0 Å². The highest BCUT2D eigenvalue weighted by molar-refractivity contribution is 7.89. The van der Waals surface area contributed by atoms with Crippen LogP contribution in [0.3, 0.4) is 0 Å². The smallest absolute Gasteiger partial charge is 0.242 e. The molecule has 0 atom stereocenters. The van der Waals surface area contributed by atoms with E-state index in [-0.39, 0.29) is 11.4 Å². The van der Waals surface area contributed by atoms with Crippen molar-refractivity contribution in [1.29, 1.82) is 0 Å². The Kier molecular flexibility index (Phi) is 7.76. The van der Waals surface area contributed by atoms with E-state index in [9.17, 15) is 8.42 Å². The third-order valence-electron chi connectivity index (χ3n) is 3.82. The van der Waals surface area contributed by atoms with Crippen molar-refractivity contribution < 1.29 is 8.42 Å². The second-order valence-corrected chi connectivity index (χ2v) is 9.31. The third-order valence-corrected chi connectivity index (χ3v) is 6.56. The lowest BCUT2D eigenvalue weighted by atomic mass is 10.2. The number of guanidine groups is 1. The van der Waals surface area contributed by atoms with Gasteiger partial charge in [0.2, 0.25) is 10.0 Å². The van der Waals surface area contributed by atoms with E-state index in [1.807, 2.05) is 19.9 Å². The first-order valence-electron chi connectivity index (χ1n) is 8.78. The fourth-order valence-corrected chi connectivity index (χ4v) is 4.18. The summed E-state index contributed by atoms with van der Waals surface area (Å²) in [4.78, 5) is 9.28. The van der Waals surface area contributed by atoms with Crippen molar-refractivity contribution >= 4 is 27.3 Å². The lowest BCUT2D eigenvalue weighted by molar-refractivity contribution is 0.519. The van der Waals surface area contributed by atoms with Crippen molar-refractivity contribution in [2.45, 2.75) is 31.7 Å². The number of aryl methyl sites for hydroxylation is 1. The van der Waals surface area contributed by atoms with Gasteiger partial charge in [-0.2, -0.15) is 0 Å². The van der Waals surface area contributed by atoms with Crippen molar-refractivity contribution in [3.05, 3.63) is 45.9 Å². The Morgan fingerprint density at radius 3 is 2.63 bits per heavy atom. The van der Waals surface area contributed by atoms with E-state index < -0.39 is 10.0 Å². The van der Waals surface area contributed by atoms with E-state index in [0.29, 0.717) is 18.1 Å². The SMILES string of the molecule is CCNC(=NCc1ccccc1S(=O)(=O)N(C)C)NCCc1csc(C)n1. The van der Waals surface area contributed by atoms with Crippen molar-refractivity contribution in [1.82, 2.24) is 19.9 Å². The molecule has 2 aromatic rings. The number of hydrogen-bond acceptors (Lipinski definition) is 5. The summed E-state index contributed by atoms with van der Waals surface area (Å²) in [5, 5.41) is 9.58. The Bertz CT molecular complexity index is 875. The van der Waals surface area contributed by atoms with E-state index in [1.165, 1.54) is 18.4 Å². The summed E-state index contributed by atoms with van der Waals surface area (Å²) in [7, 11) is -0.444. The highest BCUT2D eigenvalue weighted by Gasteiger charge is 2.20. The van der Waals surface area contributed by atoms with Gasteiger partial charge in [-0.1, -0.05) is 18.2 Å². The number of thiazole rings is 1. The van der Waals surface area contributed by atoms with Gasteiger partial charge in [0, 0.05) is 39.0 Å². The number of nitrogens with one attached hydrogen (secondary N) is 2. The van der Waals surface area contributed by atoms with E-state index in [1.54, 1.807) is 29.5 Å². The summed E-state index contributed by atoms with van der Waals surface area (Å²) >= 11 is 1.64. The summed E-state index contributed by atoms with van der Waals surface area (Å²) in [5.74, 6) is 0.654. The molecule has 27 heavy (non-hydrogen) atoms. The standard InChI is InChI=1S/C18H27N5O2S2/c1-5-19-18(20-11-10-16-13-26-14(2)22-16)21-12-15-8-6-7-9-17(15)27(24,25)23(3)4/h6-9,13H,5,10-12H2,1-4H3,(H2,19,20,21). The molecule has 9 heteroatoms. The molecule has 0 saturated carbocycles. The lowest BCUT2D eigenvalue weighted by Crippen LogP contribution is -2.38. The van der Waals surface area contributed by atoms with Crippen LogP contribution in [-0.2, 0) is 23.0 Å². The summed E-state index contributed by atoms with van der Waals surface area (Å²) in [5.41, 5.74) is 1.72. The van der Waals surface area contributed by atoms with Gasteiger partial charge in [-0.25, -0.2) is 22.7 Å². The minimum absolute atomic E-state index is 0.272. The average Bonchev–Trinajstić information content (AvgIpc) is 3.05. The third kappa shape index (κ3) is 6.02. The molecule has 2 N–H and O–H groups in total. The molecule has 148 valence electrons. The molecule has 2 rings (SSSR count). The Morgan fingerprint density at radius 2 is 2.00 bits per heavy atom. The monoisotopic (exact) mass is 409 g/mol. The number of aromatic nitrogens is 1. The fourth-order valence-electron chi connectivity index (χ4n) is 2.42. The maximum Gasteiger partial charge on any atom is 0.242 e. The van der Waals surface area contributed by atoms with Crippen molar-refractivity contribution in [3.63, 3.8) is 0 Å². The van der Waals surface area contributed by atoms with Crippen molar-refractivity contribution in [2.24, 2.45) is 4.99 Å². The molecule has 0 unspecified atom stereocenters. The topological polar surface area (TPSA) is 86.7 Å². The maximum atomic E-state index is 12.5. The van der Waals surface area contributed by atoms with Crippen LogP contribution in [-0.4, -0.2) is 50.9 Å². The Labute approximate surface area is 165 Å². The first-order chi connectivity index (χ1) is 12.8. The van der Waals surface area contributed by atoms with Crippen LogP contribution in [0, 0.1) is 6.92 Å². The number of hydrogen-bond donors (Lipinski definition) is 2. The Hall–Kier alpha value is -1.97. The van der Waals surface area contributed by atoms with Crippen molar-refractivity contribution in [2.75, 3.05) is 27.2 Å². The Morgan fingerprint density at radius 1 is 1.26 bits per heavy atom. The van der Waals surface area contributed by atoms with Gasteiger partial charge < -0.3 is 10.6 Å². The van der Waals surface area contributed by atoms with E-state index >= 15 is 0 Å². The van der Waals surface area contributed by atoms with Crippen LogP contribution in [0.25, 0.3) is 0 Å². The van der Waals surface area contributed by atoms with Gasteiger partial charge in [0.25, 0.3) is 0 Å². The molecule has 0 aliphatic rings. The summed E-state index contributed by atoms with van der Waals surface area (Å²) in [6.07, 6.45) is 0.806. The van der Waals surface area contributed by atoms with Crippen molar-refractivity contribution in [3.8, 4) is 0 Å². The van der Waals surface area contributed by atoms with Crippen LogP contribution >= 0.6 is 11.3 Å². The number of sulfonamides is 1. The predicted molar refractivity (Wildman–Crippen MR) is 111 cm³/mol. The molecule has 0 fully saturated rings. The molecular formula is C18H27N5O2S2. The molecule has 0 amide bonds. The van der Waals surface area contributed by atoms with Crippen LogP contribution in [0.2, 0.25) is 0 Å². The summed E-state index contributed by atoms with van der Waals surface area (Å²) in [6, 6.07) is 6.96. The summed E-state index contributed by atoms with van der Waals surface area (Å²) < 4.78 is 26.2. The average molecular weight is 410 g/mol. The van der Waals surface area contributed by atoms with Crippen LogP contribution < -0.4 is 10.6 Å². The van der Waals surface area contributed by atoms with Crippen LogP contribution in [0.15, 0.2) is 39.5 Å². The lowest BCUT2D eigenvalue weighted by Gasteiger charge is -2.15. The molecule has 0 spiro atoms. The molecule has 1 heterocycles. The minimum Gasteiger partial charge on any atom is -0.357 e. The molecule has 7 nitrogen and oxygen atoms in total. The molecule has 1 aromatic heterocycles. The molecule has 0 radical (unpaired) electrons. The van der Waals surface area contributed by atoms with Gasteiger partial charge in [-0.15, -0.1) is 11.3 Å². The molecule has 0 aliphatic heterocycles. The molecule has 1 aromatic carbocycles. The van der Waals surface area contributed by atoms with E-state index in [2.05, 4.69) is 26.0 Å². The van der Waals surface area contributed by atoms with Gasteiger partial charge in [-0.3, -0.25) is 0 Å². The van der Waals surface area contributed by atoms with Crippen LogP contribution in [0.1, 0.15) is 23.2 Å². The maximum absolute atomic E-state index is 12.5. The first-order valence-corrected chi connectivity index (χ1v) is 11.1. The molecule has 0 saturated heterocycles. The van der Waals surface area contributed by atoms with Gasteiger partial charge >= 0.3 is 0 Å². The van der Waals surface area contributed by atoms with Gasteiger partial charge in [-0.05, 0) is 25.5 Å². The van der Waals surface area contributed by atoms with E-state index in [4.69, 9.17) is 0 Å². The second-order valence-electron chi connectivity index (χ2n) is 6.12. The highest BCUT2D eigenvalue weighted by Crippen LogP contribution is 2.19. The zero-order valence-corrected chi connectivity index (χ0v) is 17.8.